The summed E-state index contributed by atoms with van der Waals surface area (Å²) in [4.78, 5) is 6.56. The molecule has 0 radical (unpaired) electrons. The van der Waals surface area contributed by atoms with Crippen LogP contribution < -0.4 is 10.6 Å². The van der Waals surface area contributed by atoms with Gasteiger partial charge in [-0.3, -0.25) is 0 Å². The topological polar surface area (TPSA) is 55.3 Å². The van der Waals surface area contributed by atoms with Gasteiger partial charge in [-0.15, -0.1) is 0 Å². The molecule has 2 N–H and O–H groups in total. The van der Waals surface area contributed by atoms with Crippen molar-refractivity contribution >= 4 is 17.8 Å². The summed E-state index contributed by atoms with van der Waals surface area (Å²) in [6, 6.07) is 0.731. The highest BCUT2D eigenvalue weighted by Crippen LogP contribution is 2.25. The summed E-state index contributed by atoms with van der Waals surface area (Å²) in [5.41, 5.74) is 6.33. The number of nitrogens with two attached hydrogens (primary N) is 1. The Hall–Kier alpha value is -0.680. The van der Waals surface area contributed by atoms with E-state index in [0.717, 1.165) is 30.6 Å². The van der Waals surface area contributed by atoms with E-state index in [9.17, 15) is 0 Å². The minimum atomic E-state index is 0.448. The number of oxazole rings is 1. The van der Waals surface area contributed by atoms with Crippen molar-refractivity contribution in [2.24, 2.45) is 5.73 Å². The second-order valence-electron chi connectivity index (χ2n) is 3.67. The first-order valence-corrected chi connectivity index (χ1v) is 6.39. The van der Waals surface area contributed by atoms with E-state index >= 15 is 0 Å². The normalized spacial score (nSPS) is 22.0. The minimum Gasteiger partial charge on any atom is -0.432 e. The lowest BCUT2D eigenvalue weighted by molar-refractivity contribution is 0.529. The molecule has 1 fully saturated rings. The molecular weight excluding hydrogens is 210 g/mol. The van der Waals surface area contributed by atoms with Crippen LogP contribution in [0.5, 0.6) is 0 Å². The van der Waals surface area contributed by atoms with Gasteiger partial charge < -0.3 is 15.1 Å². The Morgan fingerprint density at radius 1 is 1.73 bits per heavy atom. The average molecular weight is 227 g/mol. The molecule has 1 atom stereocenters. The Bertz CT molecular complexity index is 315. The van der Waals surface area contributed by atoms with Crippen LogP contribution in [0.2, 0.25) is 0 Å². The van der Waals surface area contributed by atoms with E-state index in [2.05, 4.69) is 16.8 Å². The molecule has 1 unspecified atom stereocenters. The lowest BCUT2D eigenvalue weighted by Gasteiger charge is -2.30. The van der Waals surface area contributed by atoms with Gasteiger partial charge in [-0.05, 0) is 6.42 Å². The van der Waals surface area contributed by atoms with Gasteiger partial charge in [-0.1, -0.05) is 6.92 Å². The summed E-state index contributed by atoms with van der Waals surface area (Å²) < 4.78 is 5.41. The largest absolute Gasteiger partial charge is 0.432 e. The molecule has 4 nitrogen and oxygen atoms in total. The van der Waals surface area contributed by atoms with Crippen LogP contribution in [0.15, 0.2) is 10.7 Å². The van der Waals surface area contributed by atoms with Gasteiger partial charge in [0, 0.05) is 30.6 Å². The van der Waals surface area contributed by atoms with Gasteiger partial charge in [0.05, 0.1) is 5.69 Å². The number of aromatic nitrogens is 1. The van der Waals surface area contributed by atoms with Gasteiger partial charge in [0.1, 0.15) is 6.26 Å². The molecule has 1 aliphatic heterocycles. The smallest absolute Gasteiger partial charge is 0.297 e. The number of anilines is 1. The van der Waals surface area contributed by atoms with Crippen molar-refractivity contribution in [3.05, 3.63) is 12.0 Å². The molecule has 2 heterocycles. The summed E-state index contributed by atoms with van der Waals surface area (Å²) in [6.45, 7) is 4.72. The fraction of sp³-hybridized carbons (Fsp3) is 0.700. The fourth-order valence-corrected chi connectivity index (χ4v) is 2.86. The molecule has 0 saturated carbocycles. The molecule has 0 bridgehead atoms. The molecule has 0 aliphatic carbocycles. The lowest BCUT2D eigenvalue weighted by Crippen LogP contribution is -2.37. The quantitative estimate of drug-likeness (QED) is 0.847. The molecular formula is C10H17N3OS. The first kappa shape index (κ1) is 10.8. The van der Waals surface area contributed by atoms with E-state index in [0.29, 0.717) is 11.8 Å². The van der Waals surface area contributed by atoms with Crippen molar-refractivity contribution in [3.8, 4) is 0 Å². The number of thioether (sulfide) groups is 1. The molecule has 2 rings (SSSR count). The van der Waals surface area contributed by atoms with Crippen LogP contribution >= 0.6 is 11.8 Å². The SMILES string of the molecule is CCC1CN(c2nc(CN)co2)CCS1. The molecule has 1 saturated heterocycles. The Kier molecular flexibility index (Phi) is 3.53. The van der Waals surface area contributed by atoms with Crippen LogP contribution in [0, 0.1) is 0 Å². The van der Waals surface area contributed by atoms with Gasteiger partial charge in [0.2, 0.25) is 0 Å². The van der Waals surface area contributed by atoms with E-state index in [1.807, 2.05) is 11.8 Å². The first-order valence-electron chi connectivity index (χ1n) is 5.34. The molecule has 0 amide bonds. The van der Waals surface area contributed by atoms with Crippen molar-refractivity contribution in [2.75, 3.05) is 23.7 Å². The molecule has 0 spiro atoms. The zero-order chi connectivity index (χ0) is 10.7. The van der Waals surface area contributed by atoms with Crippen molar-refractivity contribution < 1.29 is 4.42 Å². The third-order valence-electron chi connectivity index (χ3n) is 2.61. The average Bonchev–Trinajstić information content (AvgIpc) is 2.78. The molecule has 0 aromatic carbocycles. The van der Waals surface area contributed by atoms with Crippen molar-refractivity contribution in [1.29, 1.82) is 0 Å². The molecule has 1 aromatic rings. The molecule has 5 heteroatoms. The van der Waals surface area contributed by atoms with Crippen molar-refractivity contribution in [3.63, 3.8) is 0 Å². The number of hydrogen-bond acceptors (Lipinski definition) is 5. The van der Waals surface area contributed by atoms with Crippen molar-refractivity contribution in [1.82, 2.24) is 4.98 Å². The predicted molar refractivity (Wildman–Crippen MR) is 63.1 cm³/mol. The second kappa shape index (κ2) is 4.90. The first-order chi connectivity index (χ1) is 7.33. The van der Waals surface area contributed by atoms with Gasteiger partial charge in [-0.25, -0.2) is 0 Å². The highest BCUT2D eigenvalue weighted by atomic mass is 32.2. The second-order valence-corrected chi connectivity index (χ2v) is 5.08. The Balaban J connectivity index is 2.03. The van der Waals surface area contributed by atoms with Gasteiger partial charge in [0.15, 0.2) is 0 Å². The van der Waals surface area contributed by atoms with E-state index in [1.54, 1.807) is 6.26 Å². The predicted octanol–water partition coefficient (Wildman–Crippen LogP) is 1.47. The van der Waals surface area contributed by atoms with E-state index in [4.69, 9.17) is 10.2 Å². The Morgan fingerprint density at radius 2 is 2.60 bits per heavy atom. The van der Waals surface area contributed by atoms with Gasteiger partial charge >= 0.3 is 0 Å². The Morgan fingerprint density at radius 3 is 3.27 bits per heavy atom. The molecule has 1 aliphatic rings. The van der Waals surface area contributed by atoms with E-state index < -0.39 is 0 Å². The summed E-state index contributed by atoms with van der Waals surface area (Å²) in [6.07, 6.45) is 2.85. The third-order valence-corrected chi connectivity index (χ3v) is 3.99. The minimum absolute atomic E-state index is 0.448. The molecule has 1 aromatic heterocycles. The number of rotatable bonds is 3. The van der Waals surface area contributed by atoms with Crippen LogP contribution in [-0.2, 0) is 6.54 Å². The zero-order valence-electron chi connectivity index (χ0n) is 8.98. The summed E-state index contributed by atoms with van der Waals surface area (Å²) in [5, 5.41) is 0.701. The third kappa shape index (κ3) is 2.46. The van der Waals surface area contributed by atoms with E-state index in [-0.39, 0.29) is 0 Å². The number of nitrogens with zero attached hydrogens (tertiary/aromatic N) is 2. The van der Waals surface area contributed by atoms with Crippen LogP contribution in [0.1, 0.15) is 19.0 Å². The molecule has 15 heavy (non-hydrogen) atoms. The lowest BCUT2D eigenvalue weighted by atomic mass is 10.3. The van der Waals surface area contributed by atoms with Crippen LogP contribution in [0.4, 0.5) is 6.01 Å². The van der Waals surface area contributed by atoms with Gasteiger partial charge in [-0.2, -0.15) is 16.7 Å². The van der Waals surface area contributed by atoms with Crippen molar-refractivity contribution in [2.45, 2.75) is 25.1 Å². The summed E-state index contributed by atoms with van der Waals surface area (Å²) in [7, 11) is 0. The van der Waals surface area contributed by atoms with Crippen LogP contribution in [-0.4, -0.2) is 29.1 Å². The summed E-state index contributed by atoms with van der Waals surface area (Å²) >= 11 is 2.04. The highest BCUT2D eigenvalue weighted by molar-refractivity contribution is 8.00. The van der Waals surface area contributed by atoms with E-state index in [1.165, 1.54) is 6.42 Å². The van der Waals surface area contributed by atoms with Gasteiger partial charge in [0.25, 0.3) is 6.01 Å². The maximum Gasteiger partial charge on any atom is 0.297 e. The van der Waals surface area contributed by atoms with Crippen LogP contribution in [0.3, 0.4) is 0 Å². The monoisotopic (exact) mass is 227 g/mol. The summed E-state index contributed by atoms with van der Waals surface area (Å²) in [5.74, 6) is 1.15. The standard InChI is InChI=1S/C10H17N3OS/c1-2-9-6-13(3-4-15-9)10-12-8(5-11)7-14-10/h7,9H,2-6,11H2,1H3. The van der Waals surface area contributed by atoms with Crippen LogP contribution in [0.25, 0.3) is 0 Å². The molecule has 84 valence electrons. The fourth-order valence-electron chi connectivity index (χ4n) is 1.68. The maximum absolute atomic E-state index is 5.50. The highest BCUT2D eigenvalue weighted by Gasteiger charge is 2.22. The Labute approximate surface area is 94.2 Å². The zero-order valence-corrected chi connectivity index (χ0v) is 9.80. The number of hydrogen-bond donors (Lipinski definition) is 1. The maximum atomic E-state index is 5.50.